The molecule has 2 aromatic heterocycles. The maximum absolute atomic E-state index is 12.6. The second-order valence-corrected chi connectivity index (χ2v) is 7.48. The van der Waals surface area contributed by atoms with Crippen molar-refractivity contribution in [2.45, 2.75) is 47.7 Å². The maximum atomic E-state index is 12.6. The molecule has 27 heavy (non-hydrogen) atoms. The monoisotopic (exact) mass is 388 g/mol. The fraction of sp³-hybridized carbons (Fsp3) is 0.429. The van der Waals surface area contributed by atoms with Gasteiger partial charge in [-0.3, -0.25) is 4.79 Å². The molecule has 146 valence electrons. The van der Waals surface area contributed by atoms with Crippen molar-refractivity contribution in [3.63, 3.8) is 0 Å². The first-order valence-corrected chi connectivity index (χ1v) is 10.0. The Bertz CT molecular complexity index is 861. The van der Waals surface area contributed by atoms with Crippen molar-refractivity contribution in [2.75, 3.05) is 13.7 Å². The molecule has 0 aliphatic rings. The van der Waals surface area contributed by atoms with Gasteiger partial charge in [0.05, 0.1) is 18.7 Å². The lowest BCUT2D eigenvalue weighted by Crippen LogP contribution is -2.24. The van der Waals surface area contributed by atoms with Crippen LogP contribution in [0.15, 0.2) is 17.5 Å². The number of rotatable bonds is 7. The van der Waals surface area contributed by atoms with Gasteiger partial charge in [0.1, 0.15) is 0 Å². The van der Waals surface area contributed by atoms with Gasteiger partial charge in [0, 0.05) is 41.5 Å². The zero-order chi connectivity index (χ0) is 20.1. The maximum Gasteiger partial charge on any atom is 0.340 e. The lowest BCUT2D eigenvalue weighted by Gasteiger charge is -2.14. The molecule has 1 amide bonds. The van der Waals surface area contributed by atoms with E-state index in [0.717, 1.165) is 23.5 Å². The number of thiophene rings is 1. The van der Waals surface area contributed by atoms with E-state index in [1.165, 1.54) is 16.5 Å². The van der Waals surface area contributed by atoms with E-state index < -0.39 is 0 Å². The number of carbonyl (C=O) groups is 2. The van der Waals surface area contributed by atoms with Gasteiger partial charge in [-0.15, -0.1) is 11.3 Å². The Kier molecular flexibility index (Phi) is 7.02. The Morgan fingerprint density at radius 1 is 1.22 bits per heavy atom. The minimum Gasteiger partial charge on any atom is -0.462 e. The van der Waals surface area contributed by atoms with Crippen LogP contribution in [0.3, 0.4) is 0 Å². The van der Waals surface area contributed by atoms with Crippen LogP contribution in [0.25, 0.3) is 6.08 Å². The number of hydrogen-bond donors (Lipinski definition) is 0. The fourth-order valence-electron chi connectivity index (χ4n) is 3.19. The highest BCUT2D eigenvalue weighted by Crippen LogP contribution is 2.25. The SMILES string of the molecule is CCOC(=O)c1c(/C=C/C(=O)N(C)Cc2sccc2C)c(C)n(CC)c1C. The summed E-state index contributed by atoms with van der Waals surface area (Å²) < 4.78 is 7.28. The Morgan fingerprint density at radius 3 is 2.48 bits per heavy atom. The number of likely N-dealkylation sites (N-methyl/N-ethyl adjacent to an activating group) is 1. The second kappa shape index (κ2) is 9.04. The summed E-state index contributed by atoms with van der Waals surface area (Å²) in [4.78, 5) is 27.8. The molecule has 2 heterocycles. The molecule has 0 aliphatic heterocycles. The van der Waals surface area contributed by atoms with Crippen molar-refractivity contribution >= 4 is 29.3 Å². The molecule has 0 bridgehead atoms. The molecule has 5 nitrogen and oxygen atoms in total. The number of aromatic nitrogens is 1. The van der Waals surface area contributed by atoms with Crippen LogP contribution in [0.2, 0.25) is 0 Å². The first-order chi connectivity index (χ1) is 12.8. The average molecular weight is 389 g/mol. The van der Waals surface area contributed by atoms with Crippen molar-refractivity contribution in [1.82, 2.24) is 9.47 Å². The standard InChI is InChI=1S/C21H28N2O3S/c1-7-23-15(4)17(20(16(23)5)21(25)26-8-2)9-10-19(24)22(6)13-18-14(3)11-12-27-18/h9-12H,7-8,13H2,1-6H3/b10-9+. The van der Waals surface area contributed by atoms with Gasteiger partial charge in [-0.05, 0) is 57.7 Å². The molecule has 0 saturated heterocycles. The van der Waals surface area contributed by atoms with E-state index in [1.807, 2.05) is 33.1 Å². The average Bonchev–Trinajstić information content (AvgIpc) is 3.13. The van der Waals surface area contributed by atoms with Gasteiger partial charge < -0.3 is 14.2 Å². The minimum absolute atomic E-state index is 0.0982. The Morgan fingerprint density at radius 2 is 1.93 bits per heavy atom. The summed E-state index contributed by atoms with van der Waals surface area (Å²) in [7, 11) is 1.79. The number of amides is 1. The van der Waals surface area contributed by atoms with Gasteiger partial charge >= 0.3 is 5.97 Å². The molecular weight excluding hydrogens is 360 g/mol. The topological polar surface area (TPSA) is 51.5 Å². The fourth-order valence-corrected chi connectivity index (χ4v) is 4.15. The molecule has 0 unspecified atom stereocenters. The van der Waals surface area contributed by atoms with E-state index >= 15 is 0 Å². The lowest BCUT2D eigenvalue weighted by molar-refractivity contribution is -0.125. The first kappa shape index (κ1) is 21.0. The molecule has 0 radical (unpaired) electrons. The van der Waals surface area contributed by atoms with E-state index in [-0.39, 0.29) is 11.9 Å². The molecular formula is C21H28N2O3S. The summed E-state index contributed by atoms with van der Waals surface area (Å²) in [5, 5.41) is 2.03. The summed E-state index contributed by atoms with van der Waals surface area (Å²) in [6.07, 6.45) is 3.27. The third-order valence-electron chi connectivity index (χ3n) is 4.74. The molecule has 0 aromatic carbocycles. The summed E-state index contributed by atoms with van der Waals surface area (Å²) in [5.74, 6) is -0.445. The molecule has 6 heteroatoms. The van der Waals surface area contributed by atoms with E-state index in [0.29, 0.717) is 18.7 Å². The number of aryl methyl sites for hydroxylation is 1. The number of ether oxygens (including phenoxy) is 1. The molecule has 0 fully saturated rings. The van der Waals surface area contributed by atoms with Gasteiger partial charge in [0.25, 0.3) is 0 Å². The highest BCUT2D eigenvalue weighted by atomic mass is 32.1. The zero-order valence-electron chi connectivity index (χ0n) is 17.0. The van der Waals surface area contributed by atoms with Gasteiger partial charge in [0.2, 0.25) is 5.91 Å². The third kappa shape index (κ3) is 4.50. The van der Waals surface area contributed by atoms with E-state index in [4.69, 9.17) is 4.74 Å². The van der Waals surface area contributed by atoms with Crippen LogP contribution in [-0.4, -0.2) is 35.0 Å². The molecule has 2 aromatic rings. The molecule has 0 spiro atoms. The van der Waals surface area contributed by atoms with Crippen molar-refractivity contribution in [3.05, 3.63) is 50.5 Å². The predicted molar refractivity (Wildman–Crippen MR) is 110 cm³/mol. The van der Waals surface area contributed by atoms with Crippen molar-refractivity contribution in [1.29, 1.82) is 0 Å². The van der Waals surface area contributed by atoms with Crippen molar-refractivity contribution in [2.24, 2.45) is 0 Å². The van der Waals surface area contributed by atoms with E-state index in [9.17, 15) is 9.59 Å². The van der Waals surface area contributed by atoms with Gasteiger partial charge in [-0.2, -0.15) is 0 Å². The minimum atomic E-state index is -0.347. The summed E-state index contributed by atoms with van der Waals surface area (Å²) in [6.45, 7) is 11.4. The van der Waals surface area contributed by atoms with Crippen LogP contribution in [0, 0.1) is 20.8 Å². The van der Waals surface area contributed by atoms with Crippen LogP contribution in [0.1, 0.15) is 51.6 Å². The lowest BCUT2D eigenvalue weighted by atomic mass is 10.1. The molecule has 0 N–H and O–H groups in total. The highest BCUT2D eigenvalue weighted by Gasteiger charge is 2.22. The summed E-state index contributed by atoms with van der Waals surface area (Å²) in [5.41, 5.74) is 4.31. The van der Waals surface area contributed by atoms with Crippen LogP contribution < -0.4 is 0 Å². The number of hydrogen-bond acceptors (Lipinski definition) is 4. The van der Waals surface area contributed by atoms with Gasteiger partial charge in [-0.1, -0.05) is 0 Å². The molecule has 0 saturated carbocycles. The van der Waals surface area contributed by atoms with Crippen molar-refractivity contribution in [3.8, 4) is 0 Å². The molecule has 0 atom stereocenters. The third-order valence-corrected chi connectivity index (χ3v) is 5.75. The number of carbonyl (C=O) groups excluding carboxylic acids is 2. The van der Waals surface area contributed by atoms with Crippen LogP contribution in [0.5, 0.6) is 0 Å². The first-order valence-electron chi connectivity index (χ1n) is 9.14. The largest absolute Gasteiger partial charge is 0.462 e. The predicted octanol–water partition coefficient (Wildman–Crippen LogP) is 4.34. The van der Waals surface area contributed by atoms with Gasteiger partial charge in [-0.25, -0.2) is 4.79 Å². The van der Waals surface area contributed by atoms with Crippen LogP contribution >= 0.6 is 11.3 Å². The Balaban J connectivity index is 2.28. The Hall–Kier alpha value is -2.34. The normalized spacial score (nSPS) is 11.2. The summed E-state index contributed by atoms with van der Waals surface area (Å²) >= 11 is 1.65. The second-order valence-electron chi connectivity index (χ2n) is 6.48. The molecule has 0 aliphatic carbocycles. The van der Waals surface area contributed by atoms with E-state index in [1.54, 1.807) is 36.3 Å². The highest BCUT2D eigenvalue weighted by molar-refractivity contribution is 7.10. The summed E-state index contributed by atoms with van der Waals surface area (Å²) in [6, 6.07) is 2.05. The van der Waals surface area contributed by atoms with E-state index in [2.05, 4.69) is 10.6 Å². The van der Waals surface area contributed by atoms with Crippen molar-refractivity contribution < 1.29 is 14.3 Å². The Labute approximate surface area is 165 Å². The number of nitrogens with zero attached hydrogens (tertiary/aromatic N) is 2. The molecule has 2 rings (SSSR count). The van der Waals surface area contributed by atoms with Gasteiger partial charge in [0.15, 0.2) is 0 Å². The quantitative estimate of drug-likeness (QED) is 0.524. The van der Waals surface area contributed by atoms with Crippen LogP contribution in [0.4, 0.5) is 0 Å². The smallest absolute Gasteiger partial charge is 0.340 e. The van der Waals surface area contributed by atoms with Crippen LogP contribution in [-0.2, 0) is 22.6 Å². The number of esters is 1. The zero-order valence-corrected chi connectivity index (χ0v) is 17.8.